The molecule has 0 bridgehead atoms. The Hall–Kier alpha value is -2.99. The number of benzene rings is 1. The second-order valence-electron chi connectivity index (χ2n) is 6.85. The van der Waals surface area contributed by atoms with Gasteiger partial charge in [0.2, 0.25) is 5.91 Å². The largest absolute Gasteiger partial charge is 0.350 e. The predicted octanol–water partition coefficient (Wildman–Crippen LogP) is 3.32. The van der Waals surface area contributed by atoms with Crippen molar-refractivity contribution in [2.75, 3.05) is 13.1 Å². The van der Waals surface area contributed by atoms with Crippen LogP contribution in [0.3, 0.4) is 0 Å². The maximum absolute atomic E-state index is 13.0. The number of hydrogen-bond donors (Lipinski definition) is 1. The van der Waals surface area contributed by atoms with Crippen molar-refractivity contribution in [2.45, 2.75) is 12.5 Å². The van der Waals surface area contributed by atoms with Gasteiger partial charge in [-0.05, 0) is 29.1 Å². The fraction of sp³-hybridized carbons (Fsp3) is 0.227. The molecule has 2 amide bonds. The van der Waals surface area contributed by atoms with Gasteiger partial charge in [0.05, 0.1) is 23.0 Å². The number of carbonyl (C=O) groups is 2. The number of carbonyl (C=O) groups excluding carboxylic acids is 2. The van der Waals surface area contributed by atoms with Gasteiger partial charge in [0, 0.05) is 25.2 Å². The van der Waals surface area contributed by atoms with Crippen molar-refractivity contribution in [3.05, 3.63) is 88.4 Å². The molecule has 1 aliphatic heterocycles. The SMILES string of the molecule is O=C(NCc1ccccn1)[C@H]1CN(C(=O)c2cccs2)C[C@@H]1c1ccccc1. The van der Waals surface area contributed by atoms with Gasteiger partial charge in [0.1, 0.15) is 0 Å². The lowest BCUT2D eigenvalue weighted by atomic mass is 9.88. The minimum atomic E-state index is -0.282. The first kappa shape index (κ1) is 18.4. The van der Waals surface area contributed by atoms with Crippen LogP contribution in [0.2, 0.25) is 0 Å². The van der Waals surface area contributed by atoms with Crippen molar-refractivity contribution in [3.8, 4) is 0 Å². The van der Waals surface area contributed by atoms with E-state index in [4.69, 9.17) is 0 Å². The van der Waals surface area contributed by atoms with Crippen LogP contribution in [0, 0.1) is 5.92 Å². The molecule has 0 radical (unpaired) electrons. The lowest BCUT2D eigenvalue weighted by Gasteiger charge is -2.18. The number of nitrogens with zero attached hydrogens (tertiary/aromatic N) is 2. The van der Waals surface area contributed by atoms with E-state index in [0.717, 1.165) is 11.3 Å². The Kier molecular flexibility index (Phi) is 5.48. The summed E-state index contributed by atoms with van der Waals surface area (Å²) in [6, 6.07) is 19.3. The molecule has 3 heterocycles. The number of pyridine rings is 1. The summed E-state index contributed by atoms with van der Waals surface area (Å²) >= 11 is 1.43. The molecule has 2 atom stereocenters. The van der Waals surface area contributed by atoms with Crippen molar-refractivity contribution in [2.24, 2.45) is 5.92 Å². The van der Waals surface area contributed by atoms with Crippen LogP contribution in [0.15, 0.2) is 72.2 Å². The Morgan fingerprint density at radius 3 is 2.57 bits per heavy atom. The van der Waals surface area contributed by atoms with Crippen LogP contribution < -0.4 is 5.32 Å². The monoisotopic (exact) mass is 391 g/mol. The second kappa shape index (κ2) is 8.35. The smallest absolute Gasteiger partial charge is 0.263 e. The van der Waals surface area contributed by atoms with Gasteiger partial charge in [0.15, 0.2) is 0 Å². The minimum absolute atomic E-state index is 0.00374. The van der Waals surface area contributed by atoms with Crippen LogP contribution in [0.5, 0.6) is 0 Å². The molecule has 4 rings (SSSR count). The minimum Gasteiger partial charge on any atom is -0.350 e. The lowest BCUT2D eigenvalue weighted by Crippen LogP contribution is -2.35. The summed E-state index contributed by atoms with van der Waals surface area (Å²) in [5, 5.41) is 4.90. The number of thiophene rings is 1. The average molecular weight is 391 g/mol. The molecule has 3 aromatic rings. The zero-order valence-corrected chi connectivity index (χ0v) is 16.1. The van der Waals surface area contributed by atoms with E-state index >= 15 is 0 Å². The van der Waals surface area contributed by atoms with E-state index in [1.807, 2.05) is 66.0 Å². The molecule has 1 saturated heterocycles. The normalized spacial score (nSPS) is 18.8. The third kappa shape index (κ3) is 3.97. The van der Waals surface area contributed by atoms with Crippen molar-refractivity contribution in [3.63, 3.8) is 0 Å². The zero-order valence-electron chi connectivity index (χ0n) is 15.3. The predicted molar refractivity (Wildman–Crippen MR) is 109 cm³/mol. The molecule has 0 saturated carbocycles. The molecule has 1 fully saturated rings. The van der Waals surface area contributed by atoms with Crippen LogP contribution in [-0.2, 0) is 11.3 Å². The van der Waals surface area contributed by atoms with Gasteiger partial charge in [-0.1, -0.05) is 42.5 Å². The van der Waals surface area contributed by atoms with E-state index in [0.29, 0.717) is 24.5 Å². The van der Waals surface area contributed by atoms with Gasteiger partial charge in [-0.15, -0.1) is 11.3 Å². The summed E-state index contributed by atoms with van der Waals surface area (Å²) in [5.41, 5.74) is 1.90. The van der Waals surface area contributed by atoms with E-state index < -0.39 is 0 Å². The highest BCUT2D eigenvalue weighted by atomic mass is 32.1. The summed E-state index contributed by atoms with van der Waals surface area (Å²) in [6.07, 6.45) is 1.71. The van der Waals surface area contributed by atoms with E-state index in [1.165, 1.54) is 11.3 Å². The zero-order chi connectivity index (χ0) is 19.3. The molecule has 6 heteroatoms. The fourth-order valence-electron chi connectivity index (χ4n) is 3.64. The molecule has 1 aliphatic rings. The van der Waals surface area contributed by atoms with Crippen LogP contribution >= 0.6 is 11.3 Å². The highest BCUT2D eigenvalue weighted by molar-refractivity contribution is 7.12. The molecule has 142 valence electrons. The second-order valence-corrected chi connectivity index (χ2v) is 7.80. The number of nitrogens with one attached hydrogen (secondary N) is 1. The first-order valence-corrected chi connectivity index (χ1v) is 10.2. The molecule has 0 unspecified atom stereocenters. The van der Waals surface area contributed by atoms with Crippen molar-refractivity contribution < 1.29 is 9.59 Å². The van der Waals surface area contributed by atoms with E-state index in [2.05, 4.69) is 10.3 Å². The van der Waals surface area contributed by atoms with Crippen LogP contribution in [-0.4, -0.2) is 34.8 Å². The molecule has 2 aromatic heterocycles. The van der Waals surface area contributed by atoms with Crippen LogP contribution in [0.25, 0.3) is 0 Å². The fourth-order valence-corrected chi connectivity index (χ4v) is 4.33. The van der Waals surface area contributed by atoms with Gasteiger partial charge in [-0.2, -0.15) is 0 Å². The van der Waals surface area contributed by atoms with E-state index in [-0.39, 0.29) is 23.7 Å². The van der Waals surface area contributed by atoms with Crippen LogP contribution in [0.4, 0.5) is 0 Å². The molecule has 28 heavy (non-hydrogen) atoms. The Morgan fingerprint density at radius 1 is 1.04 bits per heavy atom. The van der Waals surface area contributed by atoms with Crippen LogP contribution in [0.1, 0.15) is 26.8 Å². The highest BCUT2D eigenvalue weighted by Gasteiger charge is 2.40. The first-order valence-electron chi connectivity index (χ1n) is 9.27. The molecule has 1 N–H and O–H groups in total. The third-order valence-electron chi connectivity index (χ3n) is 5.07. The summed E-state index contributed by atoms with van der Waals surface area (Å²) < 4.78 is 0. The third-order valence-corrected chi connectivity index (χ3v) is 5.93. The van der Waals surface area contributed by atoms with Gasteiger partial charge in [-0.3, -0.25) is 14.6 Å². The van der Waals surface area contributed by atoms with E-state index in [1.54, 1.807) is 11.1 Å². The van der Waals surface area contributed by atoms with Gasteiger partial charge < -0.3 is 10.2 Å². The lowest BCUT2D eigenvalue weighted by molar-refractivity contribution is -0.125. The number of aromatic nitrogens is 1. The van der Waals surface area contributed by atoms with Crippen molar-refractivity contribution in [1.29, 1.82) is 0 Å². The summed E-state index contributed by atoms with van der Waals surface area (Å²) in [5.74, 6) is -0.346. The number of amides is 2. The van der Waals surface area contributed by atoms with Gasteiger partial charge >= 0.3 is 0 Å². The summed E-state index contributed by atoms with van der Waals surface area (Å²) in [6.45, 7) is 1.35. The Balaban J connectivity index is 1.52. The summed E-state index contributed by atoms with van der Waals surface area (Å²) in [4.78, 5) is 32.6. The summed E-state index contributed by atoms with van der Waals surface area (Å²) in [7, 11) is 0. The molecule has 0 aliphatic carbocycles. The molecular formula is C22H21N3O2S. The quantitative estimate of drug-likeness (QED) is 0.726. The maximum Gasteiger partial charge on any atom is 0.263 e. The first-order chi connectivity index (χ1) is 13.7. The average Bonchev–Trinajstić information content (AvgIpc) is 3.43. The number of likely N-dealkylation sites (tertiary alicyclic amines) is 1. The Morgan fingerprint density at radius 2 is 1.86 bits per heavy atom. The van der Waals surface area contributed by atoms with Crippen molar-refractivity contribution in [1.82, 2.24) is 15.2 Å². The topological polar surface area (TPSA) is 62.3 Å². The molecular weight excluding hydrogens is 370 g/mol. The Bertz CT molecular complexity index is 929. The van der Waals surface area contributed by atoms with Crippen molar-refractivity contribution >= 4 is 23.2 Å². The molecule has 5 nitrogen and oxygen atoms in total. The van der Waals surface area contributed by atoms with Gasteiger partial charge in [-0.25, -0.2) is 0 Å². The van der Waals surface area contributed by atoms with Gasteiger partial charge in [0.25, 0.3) is 5.91 Å². The molecule has 1 aromatic carbocycles. The standard InChI is InChI=1S/C22H21N3O2S/c26-21(24-13-17-9-4-5-11-23-17)19-15-25(22(27)20-10-6-12-28-20)14-18(19)16-7-2-1-3-8-16/h1-12,18-19H,13-15H2,(H,24,26)/t18-,19+/m1/s1. The number of rotatable bonds is 5. The molecule has 0 spiro atoms. The number of hydrogen-bond acceptors (Lipinski definition) is 4. The Labute approximate surface area is 168 Å². The maximum atomic E-state index is 13.0. The highest BCUT2D eigenvalue weighted by Crippen LogP contribution is 2.34. The van der Waals surface area contributed by atoms with E-state index in [9.17, 15) is 9.59 Å².